The Morgan fingerprint density at radius 3 is 1.00 bits per heavy atom. The van der Waals surface area contributed by atoms with Gasteiger partial charge in [0.05, 0.1) is 110 Å². The van der Waals surface area contributed by atoms with Crippen molar-refractivity contribution in [3.63, 3.8) is 0 Å². The highest BCUT2D eigenvalue weighted by molar-refractivity contribution is 6.77. The number of benzene rings is 4. The van der Waals surface area contributed by atoms with E-state index in [0.717, 1.165) is 98.9 Å². The van der Waals surface area contributed by atoms with Gasteiger partial charge in [-0.3, -0.25) is 18.4 Å². The molecule has 16 aliphatic rings. The number of hydrogen-bond donors (Lipinski definition) is 0. The van der Waals surface area contributed by atoms with Crippen LogP contribution in [0.4, 0.5) is 0 Å². The molecule has 0 bridgehead atoms. The van der Waals surface area contributed by atoms with Crippen LogP contribution in [0, 0.1) is 59.2 Å². The smallest absolute Gasteiger partial charge is 0.191 e. The van der Waals surface area contributed by atoms with Crippen LogP contribution in [0.3, 0.4) is 0 Å². The Kier molecular flexibility index (Phi) is 32.8. The molecule has 18 heteroatoms. The van der Waals surface area contributed by atoms with E-state index < -0.39 is 32.9 Å². The molecule has 150 heavy (non-hydrogen) atoms. The van der Waals surface area contributed by atoms with Crippen LogP contribution in [0.2, 0.25) is 74.5 Å². The highest BCUT2D eigenvalue weighted by Gasteiger charge is 2.65. The first-order valence-electron chi connectivity index (χ1n) is 60.8. The van der Waals surface area contributed by atoms with Crippen molar-refractivity contribution >= 4 is 55.2 Å². The summed E-state index contributed by atoms with van der Waals surface area (Å²) in [5.41, 5.74) is 27.8. The molecule has 6 saturated carbocycles. The molecule has 0 radical (unpaired) electrons. The van der Waals surface area contributed by atoms with Crippen molar-refractivity contribution in [2.24, 2.45) is 59.2 Å². The number of rotatable bonds is 28. The number of quaternary nitrogens is 4. The summed E-state index contributed by atoms with van der Waals surface area (Å²) in [5.74, 6) is 12.5. The fraction of sp³-hybridized carbons (Fsp3) is 0.697. The third-order valence-corrected chi connectivity index (χ3v) is 60.0. The number of allylic oxidation sites excluding steroid dienone is 16. The van der Waals surface area contributed by atoms with Crippen LogP contribution < -0.4 is 28.4 Å². The third kappa shape index (κ3) is 20.9. The van der Waals surface area contributed by atoms with Crippen LogP contribution in [-0.4, -0.2) is 218 Å². The summed E-state index contributed by atoms with van der Waals surface area (Å²) in [7, 11) is 25.2. The molecule has 0 saturated heterocycles. The van der Waals surface area contributed by atoms with E-state index in [0.29, 0.717) is 73.8 Å². The molecular weight excluding hydrogens is 1910 g/mol. The van der Waals surface area contributed by atoms with Gasteiger partial charge in [-0.1, -0.05) is 285 Å². The highest BCUT2D eigenvalue weighted by atomic mass is 28.3. The van der Waals surface area contributed by atoms with E-state index in [1.807, 2.05) is 0 Å². The van der Waals surface area contributed by atoms with E-state index in [1.165, 1.54) is 235 Å². The van der Waals surface area contributed by atoms with Gasteiger partial charge in [0.15, 0.2) is 55.9 Å². The maximum absolute atomic E-state index is 6.20. The molecule has 14 nitrogen and oxygen atoms in total. The van der Waals surface area contributed by atoms with Gasteiger partial charge in [0, 0.05) is 33.7 Å². The Morgan fingerprint density at radius 1 is 0.340 bits per heavy atom. The summed E-state index contributed by atoms with van der Waals surface area (Å²) in [6.45, 7) is 62.8. The number of hydrogen-bond acceptors (Lipinski definition) is 10. The van der Waals surface area contributed by atoms with Gasteiger partial charge in [0.2, 0.25) is 0 Å². The van der Waals surface area contributed by atoms with Gasteiger partial charge >= 0.3 is 0 Å². The first-order valence-corrected chi connectivity index (χ1v) is 72.9. The van der Waals surface area contributed by atoms with Crippen molar-refractivity contribution in [3.8, 4) is 34.5 Å². The molecule has 6 fully saturated rings. The number of ether oxygens (including phenoxy) is 6. The minimum absolute atomic E-state index is 0.0204. The van der Waals surface area contributed by atoms with Crippen LogP contribution in [-0.2, 0) is 21.7 Å². The molecule has 4 aromatic rings. The van der Waals surface area contributed by atoms with Crippen molar-refractivity contribution in [2.75, 3.05) is 125 Å². The third-order valence-electron chi connectivity index (χ3n) is 40.9. The molecule has 2 aliphatic heterocycles. The van der Waals surface area contributed by atoms with E-state index in [4.69, 9.17) is 28.4 Å². The first kappa shape index (κ1) is 115. The van der Waals surface area contributed by atoms with E-state index in [-0.39, 0.29) is 32.7 Å². The van der Waals surface area contributed by atoms with Crippen molar-refractivity contribution in [1.82, 2.24) is 18.7 Å². The second kappa shape index (κ2) is 42.7. The van der Waals surface area contributed by atoms with Crippen molar-refractivity contribution in [1.29, 1.82) is 0 Å². The molecule has 2 heterocycles. The fourth-order valence-electron chi connectivity index (χ4n) is 37.6. The van der Waals surface area contributed by atoms with Crippen molar-refractivity contribution < 1.29 is 46.8 Å². The minimum atomic E-state index is -1.84. The maximum atomic E-state index is 6.20. The summed E-state index contributed by atoms with van der Waals surface area (Å²) in [5, 5.41) is 0. The molecule has 14 unspecified atom stereocenters. The van der Waals surface area contributed by atoms with Gasteiger partial charge in [-0.2, -0.15) is 18.7 Å². The van der Waals surface area contributed by atoms with Gasteiger partial charge < -0.3 is 28.4 Å². The van der Waals surface area contributed by atoms with Crippen LogP contribution >= 0.6 is 0 Å². The van der Waals surface area contributed by atoms with Crippen molar-refractivity contribution in [3.05, 3.63) is 176 Å². The van der Waals surface area contributed by atoms with Gasteiger partial charge in [-0.25, -0.2) is 0 Å². The largest absolute Gasteiger partial charge is 0.497 e. The summed E-state index contributed by atoms with van der Waals surface area (Å²) in [4.78, 5) is 0. The Balaban J connectivity index is 0.000000137. The van der Waals surface area contributed by atoms with Crippen molar-refractivity contribution in [2.45, 2.75) is 410 Å². The van der Waals surface area contributed by atoms with Gasteiger partial charge in [0.1, 0.15) is 37.9 Å². The van der Waals surface area contributed by atoms with Crippen LogP contribution in [0.25, 0.3) is 22.3 Å². The van der Waals surface area contributed by atoms with E-state index in [9.17, 15) is 0 Å². The standard InChI is InChI=1S/C38H61N2O2Si.C37H59N2O2Si.C29H47N2OSi.C28H45N2OSi/c1-9-11-18-38(19-12-10-2)33-24-30-28(23-31(33)32-25-35-36(26-34(32)38)42-21-20-41-35)22-27(3)37(30)43(7,8)39(40(4,5)6)29-16-14-13-15-17-29;1-8-10-19-37(20-11-9-2)32-24-29-27(23-30(32)31-25-34-35(26-33(31)37)41-22-21-40-34)17-18-36(29)42(6,7)38(39(3,4)5)28-15-13-12-14-16-28;1-19-15-20-16-24-22-14-13-21(32-10)17-25(22)29(5,6)26(24)18-23(20)27(19)33(11,12)30(28(2,3)4)31(7,8)9;1-27(2,3)29(30(6,7)8)32(10,11)26-15-12-19-16-23-21-14-13-20(31-9)17-24(21)28(4,5)25(23)18-22(19)26/h23-30,37H,9-22H2,1-8H3;23-29,36H,8-22H2,1-7H3;13-14,16-20,23,27H,15H2,1-12H3;13-14,16-19,22,26H,12,15H2,1-11H3/q4*+1. The van der Waals surface area contributed by atoms with Crippen LogP contribution in [0.15, 0.2) is 132 Å². The normalized spacial score (nSPS) is 27.7. The Morgan fingerprint density at radius 2 is 0.653 bits per heavy atom. The van der Waals surface area contributed by atoms with Crippen LogP contribution in [0.1, 0.15) is 335 Å². The summed E-state index contributed by atoms with van der Waals surface area (Å²) >= 11 is 0. The number of unbranched alkanes of at least 4 members (excludes halogenated alkanes) is 4. The lowest BCUT2D eigenvalue weighted by Gasteiger charge is -2.55. The zero-order chi connectivity index (χ0) is 109. The Hall–Kier alpha value is -5.85. The molecule has 828 valence electrons. The zero-order valence-corrected chi connectivity index (χ0v) is 106. The second-order valence-electron chi connectivity index (χ2n) is 58.8. The predicted octanol–water partition coefficient (Wildman–Crippen LogP) is 32.3. The lowest BCUT2D eigenvalue weighted by molar-refractivity contribution is -0.978. The lowest BCUT2D eigenvalue weighted by atomic mass is 9.68. The minimum Gasteiger partial charge on any atom is -0.497 e. The van der Waals surface area contributed by atoms with E-state index in [1.54, 1.807) is 47.7 Å². The fourth-order valence-corrected chi connectivity index (χ4v) is 60.8. The second-order valence-corrected chi connectivity index (χ2v) is 76.6. The SMILES string of the molecule is CCCCC1(CCCC)C2=CC3C(C=C2c2cc4c(cc21)OCCO4)CC(C)C3[Si](C)(C)N(C1CCCCC1)[N+](C)(C)C.CCCCC1(CCCC)C2=CC3C(C=C2c2cc4c(cc21)OCCO4)CCC3[Si](C)(C)N(C1CCCCC1)[N+](C)(C)C.COc1ccc2c(c1)C(C)(C)C1=CC3C(C=C12)CC(C)C3[Si](C)(C)N(C(C)(C)C)[N+](C)(C)C.COc1ccc2c(c1)C(C)(C)C1=CC3C(C=C12)CCC3[Si](C)(C)N(C(C)(C)C)[N+](C)(C)C. The Labute approximate surface area is 919 Å². The van der Waals surface area contributed by atoms with E-state index >= 15 is 0 Å². The Bertz CT molecular complexity index is 5780. The molecule has 0 amide bonds. The lowest BCUT2D eigenvalue weighted by Crippen LogP contribution is -2.72. The predicted molar refractivity (Wildman–Crippen MR) is 644 cm³/mol. The van der Waals surface area contributed by atoms with Gasteiger partial charge in [-0.15, -0.1) is 0 Å². The number of methoxy groups -OCH3 is 2. The summed E-state index contributed by atoms with van der Waals surface area (Å²) in [6.07, 6.45) is 59.1. The molecule has 14 atom stereocenters. The molecule has 4 aromatic carbocycles. The molecular formula is C132H212N8O6Si4+4. The average Bonchev–Trinajstić information content (AvgIpc) is 1.55. The van der Waals surface area contributed by atoms with E-state index in [2.05, 4.69) is 376 Å². The number of fused-ring (bicyclic) bond motifs is 18. The molecule has 0 N–H and O–H groups in total. The molecule has 0 spiro atoms. The topological polar surface area (TPSA) is 68.3 Å². The molecule has 0 aromatic heterocycles. The van der Waals surface area contributed by atoms with Crippen LogP contribution in [0.5, 0.6) is 34.5 Å². The molecule has 14 aliphatic carbocycles. The number of nitrogens with zero attached hydrogens (tertiary/aromatic N) is 8. The molecule has 20 rings (SSSR count). The quantitative estimate of drug-likeness (QED) is 0.0312. The summed E-state index contributed by atoms with van der Waals surface area (Å²) in [6, 6.07) is 24.4. The monoisotopic (exact) mass is 2120 g/mol. The highest BCUT2D eigenvalue weighted by Crippen LogP contribution is 2.70. The maximum Gasteiger partial charge on any atom is 0.191 e. The first-order chi connectivity index (χ1) is 70.2. The van der Waals surface area contributed by atoms with Gasteiger partial charge in [0.25, 0.3) is 0 Å². The zero-order valence-electron chi connectivity index (χ0n) is 102. The summed E-state index contributed by atoms with van der Waals surface area (Å²) < 4.78 is 51.5. The average molecular weight is 2120 g/mol. The van der Waals surface area contributed by atoms with Gasteiger partial charge in [-0.05, 0) is 338 Å².